The second kappa shape index (κ2) is 9.97. The second-order valence-electron chi connectivity index (χ2n) is 7.61. The minimum Gasteiger partial charge on any atom is -0.449 e. The number of nitrogens with zero attached hydrogens (tertiary/aromatic N) is 1. The van der Waals surface area contributed by atoms with Gasteiger partial charge in [0.25, 0.3) is 5.91 Å². The van der Waals surface area contributed by atoms with Gasteiger partial charge in [-0.05, 0) is 62.6 Å². The van der Waals surface area contributed by atoms with Gasteiger partial charge in [-0.3, -0.25) is 4.79 Å². The van der Waals surface area contributed by atoms with Gasteiger partial charge in [-0.25, -0.2) is 17.6 Å². The third-order valence-electron chi connectivity index (χ3n) is 5.20. The first-order valence-electron chi connectivity index (χ1n) is 10.2. The molecule has 32 heavy (non-hydrogen) atoms. The maximum atomic E-state index is 13.2. The van der Waals surface area contributed by atoms with Crippen molar-refractivity contribution in [3.63, 3.8) is 0 Å². The van der Waals surface area contributed by atoms with Gasteiger partial charge in [-0.1, -0.05) is 24.1 Å². The van der Waals surface area contributed by atoms with Crippen LogP contribution in [-0.4, -0.2) is 43.8 Å². The molecule has 7 nitrogen and oxygen atoms in total. The highest BCUT2D eigenvalue weighted by atomic mass is 35.5. The van der Waals surface area contributed by atoms with E-state index in [2.05, 4.69) is 5.32 Å². The van der Waals surface area contributed by atoms with E-state index < -0.39 is 33.8 Å². The van der Waals surface area contributed by atoms with Crippen molar-refractivity contribution in [1.82, 2.24) is 4.31 Å². The maximum Gasteiger partial charge on any atom is 0.338 e. The lowest BCUT2D eigenvalue weighted by Gasteiger charge is -2.26. The smallest absolute Gasteiger partial charge is 0.338 e. The molecule has 1 fully saturated rings. The number of hydrogen-bond donors (Lipinski definition) is 1. The average molecular weight is 483 g/mol. The molecule has 1 heterocycles. The molecule has 0 radical (unpaired) electrons. The summed E-state index contributed by atoms with van der Waals surface area (Å²) in [6, 6.07) is 7.74. The maximum absolute atomic E-state index is 13.2. The molecule has 3 rings (SSSR count). The Morgan fingerprint density at radius 1 is 1.12 bits per heavy atom. The summed E-state index contributed by atoms with van der Waals surface area (Å²) in [6.45, 7) is 3.91. The van der Waals surface area contributed by atoms with Crippen LogP contribution in [0.4, 0.5) is 10.1 Å². The molecule has 0 aliphatic carbocycles. The van der Waals surface area contributed by atoms with Crippen molar-refractivity contribution >= 4 is 39.2 Å². The van der Waals surface area contributed by atoms with Crippen molar-refractivity contribution in [1.29, 1.82) is 0 Å². The lowest BCUT2D eigenvalue weighted by molar-refractivity contribution is -0.123. The lowest BCUT2D eigenvalue weighted by atomic mass is 10.1. The molecule has 172 valence electrons. The molecule has 0 spiro atoms. The first kappa shape index (κ1) is 24.2. The summed E-state index contributed by atoms with van der Waals surface area (Å²) in [6.07, 6.45) is 1.38. The van der Waals surface area contributed by atoms with E-state index in [0.717, 1.165) is 31.4 Å². The average Bonchev–Trinajstić information content (AvgIpc) is 2.76. The number of amides is 1. The molecule has 1 aliphatic heterocycles. The number of carbonyl (C=O) groups is 2. The Morgan fingerprint density at radius 2 is 1.81 bits per heavy atom. The molecule has 10 heteroatoms. The zero-order valence-electron chi connectivity index (χ0n) is 17.7. The van der Waals surface area contributed by atoms with Gasteiger partial charge in [-0.15, -0.1) is 0 Å². The molecule has 2 aromatic carbocycles. The quantitative estimate of drug-likeness (QED) is 0.624. The zero-order chi connectivity index (χ0) is 23.5. The van der Waals surface area contributed by atoms with Crippen molar-refractivity contribution in [3.05, 3.63) is 58.4 Å². The Hall–Kier alpha value is -2.49. The number of esters is 1. The number of halogens is 2. The number of ether oxygens (including phenoxy) is 1. The Kier molecular flexibility index (Phi) is 7.53. The fourth-order valence-corrected chi connectivity index (χ4v) is 5.34. The molecule has 1 amide bonds. The molecule has 1 atom stereocenters. The topological polar surface area (TPSA) is 92.8 Å². The third kappa shape index (κ3) is 5.46. The molecule has 1 saturated heterocycles. The van der Waals surface area contributed by atoms with Crippen LogP contribution in [0.5, 0.6) is 0 Å². The van der Waals surface area contributed by atoms with Gasteiger partial charge >= 0.3 is 5.97 Å². The third-order valence-corrected chi connectivity index (χ3v) is 7.55. The van der Waals surface area contributed by atoms with Crippen LogP contribution in [0.3, 0.4) is 0 Å². The highest BCUT2D eigenvalue weighted by Crippen LogP contribution is 2.25. The van der Waals surface area contributed by atoms with Crippen molar-refractivity contribution in [2.24, 2.45) is 0 Å². The Morgan fingerprint density at radius 3 is 2.47 bits per heavy atom. The number of piperidine rings is 1. The molecule has 2 aromatic rings. The summed E-state index contributed by atoms with van der Waals surface area (Å²) >= 11 is 5.90. The minimum atomic E-state index is -3.74. The van der Waals surface area contributed by atoms with Crippen molar-refractivity contribution in [2.75, 3.05) is 18.4 Å². The van der Waals surface area contributed by atoms with Crippen LogP contribution in [0.25, 0.3) is 0 Å². The first-order chi connectivity index (χ1) is 15.1. The van der Waals surface area contributed by atoms with Crippen LogP contribution < -0.4 is 5.32 Å². The summed E-state index contributed by atoms with van der Waals surface area (Å²) < 4.78 is 45.9. The van der Waals surface area contributed by atoms with Gasteiger partial charge in [0.2, 0.25) is 10.0 Å². The number of sulfonamides is 1. The van der Waals surface area contributed by atoms with Gasteiger partial charge in [0.15, 0.2) is 6.10 Å². The van der Waals surface area contributed by atoms with E-state index in [1.54, 1.807) is 6.92 Å². The summed E-state index contributed by atoms with van der Waals surface area (Å²) in [7, 11) is -3.74. The summed E-state index contributed by atoms with van der Waals surface area (Å²) in [5.41, 5.74) is 0.709. The Bertz CT molecular complexity index is 1130. The summed E-state index contributed by atoms with van der Waals surface area (Å²) in [4.78, 5) is 25.0. The highest BCUT2D eigenvalue weighted by Gasteiger charge is 2.29. The van der Waals surface area contributed by atoms with E-state index in [4.69, 9.17) is 16.3 Å². The molecule has 0 saturated carbocycles. The van der Waals surface area contributed by atoms with Gasteiger partial charge in [0.05, 0.1) is 21.2 Å². The predicted octanol–water partition coefficient (Wildman–Crippen LogP) is 4.15. The molecule has 0 bridgehead atoms. The highest BCUT2D eigenvalue weighted by molar-refractivity contribution is 7.89. The molecule has 0 aromatic heterocycles. The van der Waals surface area contributed by atoms with Crippen molar-refractivity contribution in [2.45, 2.75) is 44.1 Å². The van der Waals surface area contributed by atoms with Gasteiger partial charge in [0.1, 0.15) is 5.82 Å². The van der Waals surface area contributed by atoms with Crippen molar-refractivity contribution in [3.8, 4) is 0 Å². The van der Waals surface area contributed by atoms with E-state index in [0.29, 0.717) is 18.7 Å². The number of aryl methyl sites for hydroxylation is 1. The van der Waals surface area contributed by atoms with Crippen molar-refractivity contribution < 1.29 is 27.1 Å². The van der Waals surface area contributed by atoms with Crippen LogP contribution in [-0.2, 0) is 19.6 Å². The number of carbonyl (C=O) groups excluding carboxylic acids is 2. The summed E-state index contributed by atoms with van der Waals surface area (Å²) in [5, 5.41) is 2.47. The first-order valence-corrected chi connectivity index (χ1v) is 12.0. The zero-order valence-corrected chi connectivity index (χ0v) is 19.3. The van der Waals surface area contributed by atoms with Crippen LogP contribution in [0.15, 0.2) is 41.3 Å². The predicted molar refractivity (Wildman–Crippen MR) is 119 cm³/mol. The van der Waals surface area contributed by atoms with Gasteiger partial charge in [-0.2, -0.15) is 4.31 Å². The van der Waals surface area contributed by atoms with Crippen LogP contribution in [0.2, 0.25) is 5.02 Å². The van der Waals surface area contributed by atoms with E-state index in [1.165, 1.54) is 35.5 Å². The molecular weight excluding hydrogens is 459 g/mol. The fourth-order valence-electron chi connectivity index (χ4n) is 3.36. The lowest BCUT2D eigenvalue weighted by Crippen LogP contribution is -2.36. The normalized spacial score (nSPS) is 15.8. The summed E-state index contributed by atoms with van der Waals surface area (Å²) in [5.74, 6) is -2.06. The van der Waals surface area contributed by atoms with E-state index in [9.17, 15) is 22.4 Å². The van der Waals surface area contributed by atoms with E-state index in [1.807, 2.05) is 0 Å². The van der Waals surface area contributed by atoms with Gasteiger partial charge < -0.3 is 10.1 Å². The molecule has 0 unspecified atom stereocenters. The Labute approximate surface area is 191 Å². The number of nitrogens with one attached hydrogen (secondary N) is 1. The van der Waals surface area contributed by atoms with Crippen LogP contribution in [0, 0.1) is 12.7 Å². The molecule has 1 N–H and O–H groups in total. The number of rotatable bonds is 6. The number of benzene rings is 2. The van der Waals surface area contributed by atoms with Crippen LogP contribution in [0.1, 0.15) is 42.1 Å². The monoisotopic (exact) mass is 482 g/mol. The number of anilines is 1. The van der Waals surface area contributed by atoms with E-state index in [-0.39, 0.29) is 21.2 Å². The van der Waals surface area contributed by atoms with Gasteiger partial charge in [0, 0.05) is 13.1 Å². The SMILES string of the molecule is Cc1ccc(C(=O)O[C@H](C)C(=O)Nc2ccc(F)cc2Cl)cc1S(=O)(=O)N1CCCCC1. The largest absolute Gasteiger partial charge is 0.449 e. The molecule has 1 aliphatic rings. The second-order valence-corrected chi connectivity index (χ2v) is 9.92. The molecular formula is C22H24ClFN2O5S. The minimum absolute atomic E-state index is 0.00275. The number of hydrogen-bond acceptors (Lipinski definition) is 5. The standard InChI is InChI=1S/C22H24ClFN2O5S/c1-14-6-7-16(12-20(14)32(29,30)26-10-4-3-5-11-26)22(28)31-15(2)21(27)25-19-9-8-17(24)13-18(19)23/h6-9,12-13,15H,3-5,10-11H2,1-2H3,(H,25,27)/t15-/m1/s1. The van der Waals surface area contributed by atoms with Crippen LogP contribution >= 0.6 is 11.6 Å². The fraction of sp³-hybridized carbons (Fsp3) is 0.364. The Balaban J connectivity index is 1.73. The van der Waals surface area contributed by atoms with E-state index >= 15 is 0 Å².